The van der Waals surface area contributed by atoms with Crippen molar-refractivity contribution in [2.45, 2.75) is 6.04 Å². The maximum atomic E-state index is 13.4. The number of hydrogen-bond donors (Lipinski definition) is 2. The molecule has 0 unspecified atom stereocenters. The van der Waals surface area contributed by atoms with Crippen molar-refractivity contribution in [2.24, 2.45) is 5.10 Å². The van der Waals surface area contributed by atoms with Crippen molar-refractivity contribution in [3.05, 3.63) is 114 Å². The molecule has 0 aliphatic heterocycles. The molecule has 0 spiro atoms. The Morgan fingerprint density at radius 2 is 1.60 bits per heavy atom. The molecule has 0 saturated carbocycles. The Morgan fingerprint density at radius 3 is 2.24 bits per heavy atom. The molecule has 4 rings (SSSR count). The summed E-state index contributed by atoms with van der Waals surface area (Å²) < 4.78 is 0. The molecule has 2 heterocycles. The molecule has 4 aromatic rings. The molecular weight excluding hydrogens is 556 g/mol. The Hall–Kier alpha value is -6.77. The van der Waals surface area contributed by atoms with Crippen molar-refractivity contribution in [3.63, 3.8) is 0 Å². The number of hydrazone groups is 1. The molecule has 2 aromatic heterocycles. The summed E-state index contributed by atoms with van der Waals surface area (Å²) >= 11 is 0. The van der Waals surface area contributed by atoms with Crippen LogP contribution in [0.15, 0.2) is 72.2 Å². The second-order valence-electron chi connectivity index (χ2n) is 8.14. The third-order valence-corrected chi connectivity index (χ3v) is 5.54. The summed E-state index contributed by atoms with van der Waals surface area (Å²) in [4.78, 5) is 70.0. The van der Waals surface area contributed by atoms with E-state index < -0.39 is 49.7 Å². The molecule has 0 radical (unpaired) electrons. The Labute approximate surface area is 232 Å². The van der Waals surface area contributed by atoms with Gasteiger partial charge in [-0.25, -0.2) is 10.4 Å². The monoisotopic (exact) mass is 570 g/mol. The largest absolute Gasteiger partial charge is 0.319 e. The molecule has 18 nitrogen and oxygen atoms in total. The number of benzene rings is 2. The summed E-state index contributed by atoms with van der Waals surface area (Å²) in [6.45, 7) is 0. The molecule has 2 amide bonds. The molecule has 18 heteroatoms. The van der Waals surface area contributed by atoms with E-state index in [9.17, 15) is 45.2 Å². The topological polar surface area (TPSA) is 262 Å². The minimum Gasteiger partial charge on any atom is -0.319 e. The van der Waals surface area contributed by atoms with E-state index >= 15 is 0 Å². The van der Waals surface area contributed by atoms with Crippen LogP contribution in [0.3, 0.4) is 0 Å². The molecule has 208 valence electrons. The van der Waals surface area contributed by atoms with Gasteiger partial charge in [0.25, 0.3) is 23.2 Å². The van der Waals surface area contributed by atoms with E-state index in [-0.39, 0.29) is 33.5 Å². The number of amides is 2. The predicted molar refractivity (Wildman–Crippen MR) is 142 cm³/mol. The van der Waals surface area contributed by atoms with E-state index in [0.29, 0.717) is 0 Å². The van der Waals surface area contributed by atoms with Crippen LogP contribution in [0.2, 0.25) is 0 Å². The smallest absolute Gasteiger partial charge is 0.304 e. The molecule has 0 bridgehead atoms. The van der Waals surface area contributed by atoms with Gasteiger partial charge in [-0.2, -0.15) is 10.4 Å². The molecular formula is C24H14N10O8. The number of hydrogen-bond acceptors (Lipinski definition) is 13. The predicted octanol–water partition coefficient (Wildman–Crippen LogP) is 2.46. The number of rotatable bonds is 9. The summed E-state index contributed by atoms with van der Waals surface area (Å²) in [6, 6.07) is 8.50. The zero-order valence-corrected chi connectivity index (χ0v) is 20.8. The number of carbonyl (C=O) groups excluding carboxylic acids is 2. The zero-order valence-electron chi connectivity index (χ0n) is 20.8. The lowest BCUT2D eigenvalue weighted by Gasteiger charge is -2.13. The molecule has 0 fully saturated rings. The number of nitrogens with zero attached hydrogens (tertiary/aromatic N) is 8. The number of aromatic nitrogens is 3. The first-order valence-electron chi connectivity index (χ1n) is 11.4. The van der Waals surface area contributed by atoms with Crippen LogP contribution in [0.4, 0.5) is 17.1 Å². The van der Waals surface area contributed by atoms with Crippen LogP contribution in [0.1, 0.15) is 27.7 Å². The van der Waals surface area contributed by atoms with E-state index in [0.717, 1.165) is 36.5 Å². The first kappa shape index (κ1) is 28.2. The van der Waals surface area contributed by atoms with E-state index in [1.807, 2.05) is 5.43 Å². The van der Waals surface area contributed by atoms with Gasteiger partial charge in [0, 0.05) is 47.1 Å². The zero-order chi connectivity index (χ0) is 30.4. The van der Waals surface area contributed by atoms with Gasteiger partial charge in [-0.15, -0.1) is 0 Å². The maximum absolute atomic E-state index is 13.4. The Balaban J connectivity index is 1.80. The van der Waals surface area contributed by atoms with Crippen LogP contribution in [0.5, 0.6) is 0 Å². The molecule has 0 saturated heterocycles. The third kappa shape index (κ3) is 6.10. The van der Waals surface area contributed by atoms with Gasteiger partial charge in [0.2, 0.25) is 5.71 Å². The van der Waals surface area contributed by atoms with Crippen LogP contribution in [0, 0.1) is 41.7 Å². The van der Waals surface area contributed by atoms with Crippen molar-refractivity contribution in [1.82, 2.24) is 20.4 Å². The molecule has 2 N–H and O–H groups in total. The quantitative estimate of drug-likeness (QED) is 0.167. The normalized spacial score (nSPS) is 11.6. The standard InChI is InChI=1S/C24H14N10O8/c25-11-14-9-15(32(37)38)1-3-17(14)29-24(36)21(30-31-23(35)13-5-7-26-8-6-13)22(34(41)42)20-12-27-18-4-2-16(33(39)40)10-19(18)28-20/h1-10,12,22H,(H,29,36)(H,31,35)/b30-21-/t22-/m0/s1. The number of non-ortho nitro benzene ring substituents is 2. The average Bonchev–Trinajstić information content (AvgIpc) is 2.98. The third-order valence-electron chi connectivity index (χ3n) is 5.54. The lowest BCUT2D eigenvalue weighted by atomic mass is 10.1. The number of anilines is 1. The first-order valence-corrected chi connectivity index (χ1v) is 11.4. The maximum Gasteiger partial charge on any atom is 0.304 e. The van der Waals surface area contributed by atoms with E-state index in [4.69, 9.17) is 0 Å². The van der Waals surface area contributed by atoms with Gasteiger partial charge < -0.3 is 5.32 Å². The van der Waals surface area contributed by atoms with Gasteiger partial charge in [-0.1, -0.05) is 0 Å². The number of nitrogens with one attached hydrogen (secondary N) is 2. The van der Waals surface area contributed by atoms with Crippen LogP contribution in [0.25, 0.3) is 11.0 Å². The number of carbonyl (C=O) groups is 2. The first-order chi connectivity index (χ1) is 20.1. The van der Waals surface area contributed by atoms with Crippen molar-refractivity contribution >= 4 is 45.6 Å². The van der Waals surface area contributed by atoms with E-state index in [2.05, 4.69) is 25.4 Å². The molecule has 1 atom stereocenters. The van der Waals surface area contributed by atoms with Gasteiger partial charge in [0.1, 0.15) is 11.8 Å². The average molecular weight is 570 g/mol. The van der Waals surface area contributed by atoms with Gasteiger partial charge in [0.15, 0.2) is 0 Å². The number of nitro groups is 3. The lowest BCUT2D eigenvalue weighted by molar-refractivity contribution is -0.509. The SMILES string of the molecule is N#Cc1cc([N+](=O)[O-])ccc1NC(=O)/C(=N\NC(=O)c1ccncc1)[C@H](c1cnc2ccc([N+](=O)[O-])cc2n1)[N+](=O)[O-]. The summed E-state index contributed by atoms with van der Waals surface area (Å²) in [5.41, 5.74) is -0.651. The number of fused-ring (bicyclic) bond motifs is 1. The number of nitro benzene ring substituents is 2. The Morgan fingerprint density at radius 1 is 0.929 bits per heavy atom. The molecule has 0 aliphatic carbocycles. The second-order valence-corrected chi connectivity index (χ2v) is 8.14. The summed E-state index contributed by atoms with van der Waals surface area (Å²) in [5, 5.41) is 49.9. The van der Waals surface area contributed by atoms with Crippen molar-refractivity contribution in [1.29, 1.82) is 5.26 Å². The number of pyridine rings is 1. The van der Waals surface area contributed by atoms with Gasteiger partial charge in [-0.3, -0.25) is 49.9 Å². The fourth-order valence-electron chi connectivity index (χ4n) is 3.56. The van der Waals surface area contributed by atoms with Gasteiger partial charge >= 0.3 is 6.04 Å². The Kier molecular flexibility index (Phi) is 8.04. The van der Waals surface area contributed by atoms with Crippen LogP contribution in [-0.2, 0) is 4.79 Å². The Bertz CT molecular complexity index is 1840. The van der Waals surface area contributed by atoms with Crippen LogP contribution in [-0.4, -0.2) is 47.2 Å². The van der Waals surface area contributed by atoms with Crippen LogP contribution >= 0.6 is 0 Å². The fraction of sp³-hybridized carbons (Fsp3) is 0.0417. The summed E-state index contributed by atoms with van der Waals surface area (Å²) in [5.74, 6) is -2.14. The minimum absolute atomic E-state index is 0.0473. The van der Waals surface area contributed by atoms with Crippen molar-refractivity contribution < 1.29 is 24.4 Å². The fourth-order valence-corrected chi connectivity index (χ4v) is 3.56. The highest BCUT2D eigenvalue weighted by Gasteiger charge is 2.37. The highest BCUT2D eigenvalue weighted by atomic mass is 16.6. The second kappa shape index (κ2) is 12.0. The van der Waals surface area contributed by atoms with Gasteiger partial charge in [-0.05, 0) is 24.3 Å². The highest BCUT2D eigenvalue weighted by Crippen LogP contribution is 2.25. The van der Waals surface area contributed by atoms with Gasteiger partial charge in [0.05, 0.1) is 38.3 Å². The van der Waals surface area contributed by atoms with Crippen molar-refractivity contribution in [3.8, 4) is 6.07 Å². The lowest BCUT2D eigenvalue weighted by Crippen LogP contribution is -2.36. The molecule has 0 aliphatic rings. The highest BCUT2D eigenvalue weighted by molar-refractivity contribution is 6.44. The molecule has 2 aromatic carbocycles. The van der Waals surface area contributed by atoms with E-state index in [1.54, 1.807) is 6.07 Å². The molecule has 42 heavy (non-hydrogen) atoms. The van der Waals surface area contributed by atoms with Crippen LogP contribution < -0.4 is 10.7 Å². The minimum atomic E-state index is -2.18. The van der Waals surface area contributed by atoms with E-state index in [1.165, 1.54) is 30.6 Å². The summed E-state index contributed by atoms with van der Waals surface area (Å²) in [6.07, 6.45) is 3.56. The summed E-state index contributed by atoms with van der Waals surface area (Å²) in [7, 11) is 0. The van der Waals surface area contributed by atoms with Crippen molar-refractivity contribution in [2.75, 3.05) is 5.32 Å². The number of nitriles is 1.